The van der Waals surface area contributed by atoms with E-state index in [1.165, 1.54) is 38.6 Å². The molecule has 0 spiro atoms. The lowest BCUT2D eigenvalue weighted by Gasteiger charge is -2.40. The Morgan fingerprint density at radius 3 is 2.60 bits per heavy atom. The van der Waals surface area contributed by atoms with Gasteiger partial charge in [-0.1, -0.05) is 19.8 Å². The molecule has 1 fully saturated rings. The highest BCUT2D eigenvalue weighted by Gasteiger charge is 2.30. The first-order chi connectivity index (χ1) is 9.62. The lowest BCUT2D eigenvalue weighted by molar-refractivity contribution is 0.113. The topological polar surface area (TPSA) is 35.5 Å². The van der Waals surface area contributed by atoms with Gasteiger partial charge in [-0.25, -0.2) is 0 Å². The van der Waals surface area contributed by atoms with Gasteiger partial charge in [0.15, 0.2) is 0 Å². The fourth-order valence-electron chi connectivity index (χ4n) is 3.75. The number of nitrogens with one attached hydrogen (secondary N) is 1. The van der Waals surface area contributed by atoms with Gasteiger partial charge in [-0.05, 0) is 58.4 Å². The third-order valence-electron chi connectivity index (χ3n) is 4.96. The molecule has 120 valence electrons. The van der Waals surface area contributed by atoms with Gasteiger partial charge in [0.1, 0.15) is 0 Å². The summed E-state index contributed by atoms with van der Waals surface area (Å²) in [5, 5.41) is 12.6. The third-order valence-corrected chi connectivity index (χ3v) is 4.96. The molecule has 3 heteroatoms. The number of aliphatic hydroxyl groups excluding tert-OH is 1. The summed E-state index contributed by atoms with van der Waals surface area (Å²) in [6, 6.07) is 1.25. The van der Waals surface area contributed by atoms with Crippen LogP contribution in [-0.2, 0) is 0 Å². The molecular formula is C17H36N2O. The Bertz CT molecular complexity index is 245. The Morgan fingerprint density at radius 1 is 1.30 bits per heavy atom. The molecule has 20 heavy (non-hydrogen) atoms. The van der Waals surface area contributed by atoms with Gasteiger partial charge in [-0.2, -0.15) is 0 Å². The van der Waals surface area contributed by atoms with Crippen LogP contribution in [0.1, 0.15) is 59.3 Å². The van der Waals surface area contributed by atoms with Gasteiger partial charge < -0.3 is 15.3 Å². The molecule has 0 aromatic carbocycles. The van der Waals surface area contributed by atoms with E-state index in [0.717, 1.165) is 24.8 Å². The molecule has 0 radical (unpaired) electrons. The molecule has 0 heterocycles. The maximum atomic E-state index is 9.07. The monoisotopic (exact) mass is 284 g/mol. The van der Waals surface area contributed by atoms with Crippen molar-refractivity contribution in [1.29, 1.82) is 0 Å². The fraction of sp³-hybridized carbons (Fsp3) is 1.00. The first-order valence-electron chi connectivity index (χ1n) is 8.64. The lowest BCUT2D eigenvalue weighted by atomic mass is 9.76. The van der Waals surface area contributed by atoms with Crippen molar-refractivity contribution in [2.24, 2.45) is 11.8 Å². The molecule has 3 nitrogen and oxygen atoms in total. The van der Waals surface area contributed by atoms with E-state index in [4.69, 9.17) is 5.11 Å². The number of hydrogen-bond donors (Lipinski definition) is 2. The van der Waals surface area contributed by atoms with Crippen molar-refractivity contribution in [1.82, 2.24) is 10.2 Å². The van der Waals surface area contributed by atoms with E-state index in [1.54, 1.807) is 0 Å². The van der Waals surface area contributed by atoms with Crippen molar-refractivity contribution in [2.75, 3.05) is 26.7 Å². The molecule has 0 amide bonds. The smallest absolute Gasteiger partial charge is 0.0443 e. The Balaban J connectivity index is 2.57. The summed E-state index contributed by atoms with van der Waals surface area (Å²) in [4.78, 5) is 2.56. The molecule has 0 aromatic heterocycles. The third kappa shape index (κ3) is 5.71. The summed E-state index contributed by atoms with van der Waals surface area (Å²) in [7, 11) is 2.12. The standard InChI is InChI=1S/C17H36N2O/c1-5-7-15-8-9-17(18-4)16(12-15)13-19(14(2)3)10-6-11-20/h14-18,20H,5-13H2,1-4H3. The summed E-state index contributed by atoms with van der Waals surface area (Å²) in [5.74, 6) is 1.70. The van der Waals surface area contributed by atoms with Crippen molar-refractivity contribution in [3.8, 4) is 0 Å². The average Bonchev–Trinajstić information content (AvgIpc) is 2.43. The maximum Gasteiger partial charge on any atom is 0.0443 e. The molecule has 1 saturated carbocycles. The van der Waals surface area contributed by atoms with Crippen LogP contribution in [0.15, 0.2) is 0 Å². The zero-order valence-electron chi connectivity index (χ0n) is 14.1. The number of nitrogens with zero attached hydrogens (tertiary/aromatic N) is 1. The van der Waals surface area contributed by atoms with E-state index in [2.05, 4.69) is 38.0 Å². The van der Waals surface area contributed by atoms with Gasteiger partial charge in [0.25, 0.3) is 0 Å². The van der Waals surface area contributed by atoms with Gasteiger partial charge in [-0.15, -0.1) is 0 Å². The molecule has 3 unspecified atom stereocenters. The van der Waals surface area contributed by atoms with Gasteiger partial charge in [0.05, 0.1) is 0 Å². The van der Waals surface area contributed by atoms with Crippen LogP contribution in [0.3, 0.4) is 0 Å². The van der Waals surface area contributed by atoms with Crippen LogP contribution in [0.5, 0.6) is 0 Å². The van der Waals surface area contributed by atoms with E-state index >= 15 is 0 Å². The SMILES string of the molecule is CCCC1CCC(NC)C(CN(CCCO)C(C)C)C1. The van der Waals surface area contributed by atoms with E-state index < -0.39 is 0 Å². The number of hydrogen-bond acceptors (Lipinski definition) is 3. The normalized spacial score (nSPS) is 27.4. The summed E-state index contributed by atoms with van der Waals surface area (Å²) < 4.78 is 0. The van der Waals surface area contributed by atoms with Crippen molar-refractivity contribution >= 4 is 0 Å². The van der Waals surface area contributed by atoms with Crippen LogP contribution in [0, 0.1) is 11.8 Å². The summed E-state index contributed by atoms with van der Waals surface area (Å²) in [6.45, 7) is 9.38. The van der Waals surface area contributed by atoms with Crippen LogP contribution >= 0.6 is 0 Å². The van der Waals surface area contributed by atoms with E-state index in [9.17, 15) is 0 Å². The second-order valence-electron chi connectivity index (χ2n) is 6.79. The van der Waals surface area contributed by atoms with Crippen LogP contribution < -0.4 is 5.32 Å². The summed E-state index contributed by atoms with van der Waals surface area (Å²) in [5.41, 5.74) is 0. The van der Waals surface area contributed by atoms with Gasteiger partial charge in [-0.3, -0.25) is 0 Å². The van der Waals surface area contributed by atoms with E-state index in [0.29, 0.717) is 18.7 Å². The predicted octanol–water partition coefficient (Wildman–Crippen LogP) is 2.88. The predicted molar refractivity (Wildman–Crippen MR) is 87.0 cm³/mol. The van der Waals surface area contributed by atoms with E-state index in [-0.39, 0.29) is 0 Å². The maximum absolute atomic E-state index is 9.07. The van der Waals surface area contributed by atoms with E-state index in [1.807, 2.05) is 0 Å². The molecule has 1 rings (SSSR count). The summed E-state index contributed by atoms with van der Waals surface area (Å²) in [6.07, 6.45) is 7.71. The summed E-state index contributed by atoms with van der Waals surface area (Å²) >= 11 is 0. The molecular weight excluding hydrogens is 248 g/mol. The Hall–Kier alpha value is -0.120. The molecule has 1 aliphatic carbocycles. The second kappa shape index (κ2) is 9.75. The molecule has 3 atom stereocenters. The molecule has 0 aromatic rings. The number of aliphatic hydroxyl groups is 1. The molecule has 0 saturated heterocycles. The quantitative estimate of drug-likeness (QED) is 0.683. The fourth-order valence-corrected chi connectivity index (χ4v) is 3.75. The van der Waals surface area contributed by atoms with Crippen LogP contribution in [0.25, 0.3) is 0 Å². The molecule has 0 aliphatic heterocycles. The second-order valence-corrected chi connectivity index (χ2v) is 6.79. The lowest BCUT2D eigenvalue weighted by Crippen LogP contribution is -2.46. The Labute approximate surface area is 126 Å². The zero-order valence-corrected chi connectivity index (χ0v) is 14.1. The largest absolute Gasteiger partial charge is 0.396 e. The van der Waals surface area contributed by atoms with Crippen molar-refractivity contribution in [3.63, 3.8) is 0 Å². The first kappa shape index (κ1) is 17.9. The van der Waals surface area contributed by atoms with Gasteiger partial charge in [0.2, 0.25) is 0 Å². The minimum absolute atomic E-state index is 0.307. The van der Waals surface area contributed by atoms with Crippen LogP contribution in [-0.4, -0.2) is 48.8 Å². The Morgan fingerprint density at radius 2 is 2.05 bits per heavy atom. The zero-order chi connectivity index (χ0) is 15.0. The van der Waals surface area contributed by atoms with Crippen LogP contribution in [0.4, 0.5) is 0 Å². The minimum atomic E-state index is 0.307. The minimum Gasteiger partial charge on any atom is -0.396 e. The molecule has 0 bridgehead atoms. The highest BCUT2D eigenvalue weighted by atomic mass is 16.3. The average molecular weight is 284 g/mol. The highest BCUT2D eigenvalue weighted by Crippen LogP contribution is 2.33. The van der Waals surface area contributed by atoms with Gasteiger partial charge >= 0.3 is 0 Å². The van der Waals surface area contributed by atoms with Crippen molar-refractivity contribution < 1.29 is 5.11 Å². The Kier molecular flexibility index (Phi) is 8.74. The first-order valence-corrected chi connectivity index (χ1v) is 8.64. The number of rotatable bonds is 9. The van der Waals surface area contributed by atoms with Crippen molar-refractivity contribution in [3.05, 3.63) is 0 Å². The molecule has 1 aliphatic rings. The van der Waals surface area contributed by atoms with Crippen LogP contribution in [0.2, 0.25) is 0 Å². The molecule has 2 N–H and O–H groups in total. The van der Waals surface area contributed by atoms with Crippen molar-refractivity contribution in [2.45, 2.75) is 71.4 Å². The van der Waals surface area contributed by atoms with Gasteiger partial charge in [0, 0.05) is 31.8 Å². The highest BCUT2D eigenvalue weighted by molar-refractivity contribution is 4.86.